The number of hydrogen-bond acceptors (Lipinski definition) is 1. The predicted molar refractivity (Wildman–Crippen MR) is 215 cm³/mol. The van der Waals surface area contributed by atoms with Gasteiger partial charge in [-0.05, 0) is 110 Å². The Bertz CT molecular complexity index is 2330. The molecule has 0 aliphatic rings. The lowest BCUT2D eigenvalue weighted by molar-refractivity contribution is 1.29. The van der Waals surface area contributed by atoms with Gasteiger partial charge in [0, 0.05) is 17.1 Å². The average molecular weight is 640 g/mol. The first-order valence-corrected chi connectivity index (χ1v) is 17.1. The lowest BCUT2D eigenvalue weighted by Gasteiger charge is -2.27. The molecule has 0 bridgehead atoms. The highest BCUT2D eigenvalue weighted by Crippen LogP contribution is 2.41. The van der Waals surface area contributed by atoms with Crippen molar-refractivity contribution in [1.82, 2.24) is 0 Å². The van der Waals surface area contributed by atoms with E-state index in [0.717, 1.165) is 22.6 Å². The van der Waals surface area contributed by atoms with Crippen molar-refractivity contribution in [2.75, 3.05) is 4.90 Å². The third-order valence-electron chi connectivity index (χ3n) is 9.68. The Morgan fingerprint density at radius 1 is 0.400 bits per heavy atom. The van der Waals surface area contributed by atoms with Crippen LogP contribution in [0.4, 0.5) is 17.1 Å². The molecule has 238 valence electrons. The van der Waals surface area contributed by atoms with Crippen LogP contribution in [0.1, 0.15) is 11.1 Å². The zero-order valence-electron chi connectivity index (χ0n) is 28.1. The minimum absolute atomic E-state index is 1.11. The molecule has 0 atom stereocenters. The van der Waals surface area contributed by atoms with Crippen molar-refractivity contribution < 1.29 is 0 Å². The van der Waals surface area contributed by atoms with Crippen LogP contribution in [0, 0.1) is 6.92 Å². The van der Waals surface area contributed by atoms with Crippen LogP contribution in [0.25, 0.3) is 61.4 Å². The van der Waals surface area contributed by atoms with E-state index in [1.165, 1.54) is 60.8 Å². The van der Waals surface area contributed by atoms with Crippen LogP contribution in [-0.2, 0) is 0 Å². The second-order valence-corrected chi connectivity index (χ2v) is 12.6. The standard InChI is InChI=1S/C49H37N/c1-3-45-47(40-18-11-6-12-19-40)20-13-21-48(45)46-33-27-41-26-32-44(34-49(41)35(46)2)50(42-28-22-38(23-29-42)36-14-7-4-8-15-36)43-30-24-39(25-31-43)37-16-9-5-10-17-37/h3-34H,1H2,2H3. The molecule has 0 fully saturated rings. The predicted octanol–water partition coefficient (Wildman–Crippen LogP) is 13.9. The fraction of sp³-hybridized carbons (Fsp3) is 0.0204. The van der Waals surface area contributed by atoms with Crippen LogP contribution in [0.2, 0.25) is 0 Å². The molecule has 0 saturated carbocycles. The third-order valence-corrected chi connectivity index (χ3v) is 9.68. The first-order valence-electron chi connectivity index (χ1n) is 17.1. The smallest absolute Gasteiger partial charge is 0.0468 e. The van der Waals surface area contributed by atoms with Crippen LogP contribution in [-0.4, -0.2) is 0 Å². The van der Waals surface area contributed by atoms with Crippen LogP contribution >= 0.6 is 0 Å². The molecule has 0 N–H and O–H groups in total. The van der Waals surface area contributed by atoms with Crippen molar-refractivity contribution in [2.24, 2.45) is 0 Å². The van der Waals surface area contributed by atoms with Gasteiger partial charge in [0.2, 0.25) is 0 Å². The molecular weight excluding hydrogens is 603 g/mol. The van der Waals surface area contributed by atoms with Crippen molar-refractivity contribution in [1.29, 1.82) is 0 Å². The quantitative estimate of drug-likeness (QED) is 0.160. The van der Waals surface area contributed by atoms with Crippen LogP contribution in [0.15, 0.2) is 195 Å². The molecule has 0 spiro atoms. The molecule has 0 aliphatic carbocycles. The summed E-state index contributed by atoms with van der Waals surface area (Å²) in [5.74, 6) is 0. The Hall–Kier alpha value is -6.44. The summed E-state index contributed by atoms with van der Waals surface area (Å²) in [4.78, 5) is 2.36. The molecule has 8 rings (SSSR count). The second kappa shape index (κ2) is 13.6. The summed E-state index contributed by atoms with van der Waals surface area (Å²) in [7, 11) is 0. The average Bonchev–Trinajstić information content (AvgIpc) is 3.19. The van der Waals surface area contributed by atoms with E-state index in [1.807, 2.05) is 6.08 Å². The zero-order chi connectivity index (χ0) is 33.9. The van der Waals surface area contributed by atoms with Crippen molar-refractivity contribution >= 4 is 33.9 Å². The summed E-state index contributed by atoms with van der Waals surface area (Å²) in [6.07, 6.45) is 2.00. The maximum atomic E-state index is 4.24. The number of benzene rings is 8. The number of hydrogen-bond donors (Lipinski definition) is 0. The molecule has 0 amide bonds. The molecule has 50 heavy (non-hydrogen) atoms. The number of anilines is 3. The third kappa shape index (κ3) is 5.91. The van der Waals surface area contributed by atoms with Crippen molar-refractivity contribution in [3.05, 3.63) is 206 Å². The second-order valence-electron chi connectivity index (χ2n) is 12.6. The number of nitrogens with zero attached hydrogens (tertiary/aromatic N) is 1. The summed E-state index contributed by atoms with van der Waals surface area (Å²) >= 11 is 0. The summed E-state index contributed by atoms with van der Waals surface area (Å²) in [6, 6.07) is 67.4. The zero-order valence-corrected chi connectivity index (χ0v) is 28.1. The number of fused-ring (bicyclic) bond motifs is 1. The van der Waals surface area contributed by atoms with Crippen molar-refractivity contribution in [3.8, 4) is 44.5 Å². The molecule has 1 heteroatoms. The van der Waals surface area contributed by atoms with E-state index >= 15 is 0 Å². The van der Waals surface area contributed by atoms with Crippen LogP contribution < -0.4 is 4.90 Å². The highest BCUT2D eigenvalue weighted by Gasteiger charge is 2.17. The van der Waals surface area contributed by atoms with Gasteiger partial charge in [0.05, 0.1) is 0 Å². The van der Waals surface area contributed by atoms with E-state index in [4.69, 9.17) is 0 Å². The van der Waals surface area contributed by atoms with Gasteiger partial charge in [0.15, 0.2) is 0 Å². The molecule has 0 aliphatic heterocycles. The lowest BCUT2D eigenvalue weighted by Crippen LogP contribution is -2.10. The van der Waals surface area contributed by atoms with Gasteiger partial charge < -0.3 is 4.90 Å². The molecule has 0 heterocycles. The molecule has 8 aromatic rings. The van der Waals surface area contributed by atoms with Gasteiger partial charge in [-0.15, -0.1) is 0 Å². The van der Waals surface area contributed by atoms with Gasteiger partial charge in [-0.1, -0.05) is 164 Å². The Morgan fingerprint density at radius 3 is 1.40 bits per heavy atom. The van der Waals surface area contributed by atoms with E-state index in [-0.39, 0.29) is 0 Å². The lowest BCUT2D eigenvalue weighted by atomic mass is 9.88. The normalized spacial score (nSPS) is 11.0. The monoisotopic (exact) mass is 639 g/mol. The maximum Gasteiger partial charge on any atom is 0.0468 e. The summed E-state index contributed by atoms with van der Waals surface area (Å²) in [5.41, 5.74) is 15.3. The largest absolute Gasteiger partial charge is 0.310 e. The molecule has 8 aromatic carbocycles. The summed E-state index contributed by atoms with van der Waals surface area (Å²) < 4.78 is 0. The van der Waals surface area contributed by atoms with E-state index in [2.05, 4.69) is 206 Å². The Labute approximate surface area is 295 Å². The first-order chi connectivity index (χ1) is 24.7. The fourth-order valence-corrected chi connectivity index (χ4v) is 7.09. The highest BCUT2D eigenvalue weighted by molar-refractivity contribution is 5.97. The topological polar surface area (TPSA) is 3.24 Å². The van der Waals surface area contributed by atoms with Gasteiger partial charge in [0.25, 0.3) is 0 Å². The van der Waals surface area contributed by atoms with Gasteiger partial charge >= 0.3 is 0 Å². The maximum absolute atomic E-state index is 4.24. The summed E-state index contributed by atoms with van der Waals surface area (Å²) in [6.45, 7) is 6.49. The van der Waals surface area contributed by atoms with E-state index < -0.39 is 0 Å². The van der Waals surface area contributed by atoms with Gasteiger partial charge in [-0.2, -0.15) is 0 Å². The van der Waals surface area contributed by atoms with E-state index in [1.54, 1.807) is 0 Å². The molecule has 0 saturated heterocycles. The number of rotatable bonds is 8. The Kier molecular flexibility index (Phi) is 8.39. The Balaban J connectivity index is 1.25. The van der Waals surface area contributed by atoms with Gasteiger partial charge in [-0.3, -0.25) is 0 Å². The fourth-order valence-electron chi connectivity index (χ4n) is 7.09. The van der Waals surface area contributed by atoms with Gasteiger partial charge in [0.1, 0.15) is 0 Å². The van der Waals surface area contributed by atoms with Crippen molar-refractivity contribution in [2.45, 2.75) is 6.92 Å². The SMILES string of the molecule is C=Cc1c(-c2ccccc2)cccc1-c1ccc2ccc(N(c3ccc(-c4ccccc4)cc3)c3ccc(-c4ccccc4)cc3)cc2c1C. The van der Waals surface area contributed by atoms with Gasteiger partial charge in [-0.25, -0.2) is 0 Å². The highest BCUT2D eigenvalue weighted by atomic mass is 15.1. The molecule has 0 radical (unpaired) electrons. The van der Waals surface area contributed by atoms with Crippen molar-refractivity contribution in [3.63, 3.8) is 0 Å². The molecular formula is C49H37N. The number of aryl methyl sites for hydroxylation is 1. The molecule has 0 aromatic heterocycles. The summed E-state index contributed by atoms with van der Waals surface area (Å²) in [5, 5.41) is 2.44. The van der Waals surface area contributed by atoms with E-state index in [9.17, 15) is 0 Å². The van der Waals surface area contributed by atoms with E-state index in [0.29, 0.717) is 0 Å². The minimum atomic E-state index is 1.11. The minimum Gasteiger partial charge on any atom is -0.310 e. The Morgan fingerprint density at radius 2 is 0.860 bits per heavy atom. The van der Waals surface area contributed by atoms with Crippen LogP contribution in [0.5, 0.6) is 0 Å². The molecule has 0 unspecified atom stereocenters. The van der Waals surface area contributed by atoms with Crippen LogP contribution in [0.3, 0.4) is 0 Å². The first kappa shape index (κ1) is 30.9. The molecule has 1 nitrogen and oxygen atoms in total.